The summed E-state index contributed by atoms with van der Waals surface area (Å²) in [5.41, 5.74) is 10.4. The van der Waals surface area contributed by atoms with Gasteiger partial charge in [-0.05, 0) is 30.7 Å². The topological polar surface area (TPSA) is 27.3 Å². The number of hydrogen-bond donors (Lipinski definition) is 2. The van der Waals surface area contributed by atoms with E-state index in [1.165, 1.54) is 16.0 Å². The summed E-state index contributed by atoms with van der Waals surface area (Å²) in [6.45, 7) is 4.08. The third-order valence-corrected chi connectivity index (χ3v) is 4.42. The second-order valence-electron chi connectivity index (χ2n) is 4.98. The van der Waals surface area contributed by atoms with Crippen LogP contribution in [0, 0.1) is 6.92 Å². The van der Waals surface area contributed by atoms with Gasteiger partial charge in [0.15, 0.2) is 0 Å². The molecule has 0 fully saturated rings. The molecule has 2 aromatic rings. The normalized spacial score (nSPS) is 15.4. The monoisotopic (exact) mass is 285 g/mol. The molecule has 0 bridgehead atoms. The average molecular weight is 285 g/mol. The molecule has 20 heavy (non-hydrogen) atoms. The quantitative estimate of drug-likeness (QED) is 0.845. The molecule has 3 rings (SSSR count). The molecule has 0 unspecified atom stereocenters. The summed E-state index contributed by atoms with van der Waals surface area (Å²) in [5, 5.41) is 2.23. The number of nitrogens with zero attached hydrogens (tertiary/aromatic N) is 1. The summed E-state index contributed by atoms with van der Waals surface area (Å²) in [6, 6.07) is 16.9. The maximum atomic E-state index is 3.31. The van der Waals surface area contributed by atoms with Crippen LogP contribution in [0.2, 0.25) is 0 Å². The molecular formula is C16H19N3S. The number of benzene rings is 2. The number of nitrogens with one attached hydrogen (secondary N) is 2. The van der Waals surface area contributed by atoms with Crippen molar-refractivity contribution in [2.45, 2.75) is 18.4 Å². The third kappa shape index (κ3) is 3.33. The largest absolute Gasteiger partial charge is 0.308 e. The Morgan fingerprint density at radius 1 is 1.10 bits per heavy atom. The van der Waals surface area contributed by atoms with Crippen molar-refractivity contribution in [3.8, 4) is 0 Å². The number of fused-ring (bicyclic) bond motifs is 1. The fraction of sp³-hybridized carbons (Fsp3) is 0.250. The van der Waals surface area contributed by atoms with Crippen LogP contribution in [0.4, 0.5) is 5.69 Å². The van der Waals surface area contributed by atoms with Gasteiger partial charge in [-0.15, -0.1) is 11.8 Å². The Morgan fingerprint density at radius 2 is 1.95 bits per heavy atom. The molecule has 104 valence electrons. The van der Waals surface area contributed by atoms with Crippen LogP contribution in [0.25, 0.3) is 0 Å². The van der Waals surface area contributed by atoms with Gasteiger partial charge in [-0.3, -0.25) is 0 Å². The van der Waals surface area contributed by atoms with Crippen LogP contribution < -0.4 is 11.0 Å². The van der Waals surface area contributed by atoms with Crippen molar-refractivity contribution in [1.82, 2.24) is 10.5 Å². The number of rotatable bonds is 3. The van der Waals surface area contributed by atoms with Crippen LogP contribution >= 0.6 is 11.8 Å². The predicted molar refractivity (Wildman–Crippen MR) is 85.5 cm³/mol. The van der Waals surface area contributed by atoms with Crippen LogP contribution in [-0.4, -0.2) is 17.3 Å². The highest BCUT2D eigenvalue weighted by molar-refractivity contribution is 7.99. The molecule has 1 aliphatic heterocycles. The smallest absolute Gasteiger partial charge is 0.0501 e. The highest BCUT2D eigenvalue weighted by atomic mass is 32.2. The minimum Gasteiger partial charge on any atom is -0.308 e. The van der Waals surface area contributed by atoms with Gasteiger partial charge in [-0.2, -0.15) is 5.53 Å². The number of hydrogen-bond acceptors (Lipinski definition) is 4. The molecule has 0 aliphatic carbocycles. The standard InChI is InChI=1S/C16H19N3S/c1-13-7-8-16-14(11-13)12-19(9-10-20-16)18-17-15-5-3-2-4-6-15/h2-8,11,17-18H,9-10,12H2,1H3. The highest BCUT2D eigenvalue weighted by Crippen LogP contribution is 2.27. The lowest BCUT2D eigenvalue weighted by molar-refractivity contribution is 0.211. The van der Waals surface area contributed by atoms with Crippen LogP contribution in [-0.2, 0) is 6.54 Å². The summed E-state index contributed by atoms with van der Waals surface area (Å²) >= 11 is 1.93. The fourth-order valence-electron chi connectivity index (χ4n) is 2.28. The van der Waals surface area contributed by atoms with Crippen molar-refractivity contribution in [1.29, 1.82) is 0 Å². The first-order chi connectivity index (χ1) is 9.81. The van der Waals surface area contributed by atoms with Gasteiger partial charge in [0.1, 0.15) is 0 Å². The number of anilines is 1. The first-order valence-corrected chi connectivity index (χ1v) is 7.84. The van der Waals surface area contributed by atoms with Crippen LogP contribution in [0.1, 0.15) is 11.1 Å². The number of hydrazine groups is 2. The molecule has 1 aliphatic rings. The molecule has 0 saturated heterocycles. The first-order valence-electron chi connectivity index (χ1n) is 6.85. The molecule has 0 saturated carbocycles. The second kappa shape index (κ2) is 6.31. The zero-order valence-corrected chi connectivity index (χ0v) is 12.4. The summed E-state index contributed by atoms with van der Waals surface area (Å²) in [6.07, 6.45) is 0. The molecule has 1 heterocycles. The predicted octanol–water partition coefficient (Wildman–Crippen LogP) is 3.43. The molecule has 0 radical (unpaired) electrons. The van der Waals surface area contributed by atoms with Crippen LogP contribution in [0.3, 0.4) is 0 Å². The molecule has 0 aromatic heterocycles. The van der Waals surface area contributed by atoms with E-state index in [1.807, 2.05) is 30.0 Å². The van der Waals surface area contributed by atoms with E-state index in [-0.39, 0.29) is 0 Å². The Kier molecular flexibility index (Phi) is 4.25. The van der Waals surface area contributed by atoms with E-state index in [2.05, 4.69) is 53.2 Å². The second-order valence-corrected chi connectivity index (χ2v) is 6.12. The molecule has 0 atom stereocenters. The summed E-state index contributed by atoms with van der Waals surface area (Å²) in [5.74, 6) is 1.10. The van der Waals surface area contributed by atoms with E-state index < -0.39 is 0 Å². The van der Waals surface area contributed by atoms with Gasteiger partial charge < -0.3 is 5.43 Å². The zero-order valence-electron chi connectivity index (χ0n) is 11.6. The average Bonchev–Trinajstić information content (AvgIpc) is 2.67. The van der Waals surface area contributed by atoms with Gasteiger partial charge in [0.25, 0.3) is 0 Å². The van der Waals surface area contributed by atoms with Gasteiger partial charge in [0.05, 0.1) is 5.69 Å². The van der Waals surface area contributed by atoms with E-state index >= 15 is 0 Å². The van der Waals surface area contributed by atoms with Crippen LogP contribution in [0.5, 0.6) is 0 Å². The van der Waals surface area contributed by atoms with E-state index in [0.717, 1.165) is 24.5 Å². The first kappa shape index (κ1) is 13.5. The van der Waals surface area contributed by atoms with E-state index in [0.29, 0.717) is 0 Å². The van der Waals surface area contributed by atoms with Crippen molar-refractivity contribution in [2.75, 3.05) is 17.7 Å². The van der Waals surface area contributed by atoms with Crippen molar-refractivity contribution in [2.24, 2.45) is 0 Å². The molecule has 3 nitrogen and oxygen atoms in total. The lowest BCUT2D eigenvalue weighted by atomic mass is 10.1. The maximum absolute atomic E-state index is 3.31. The maximum Gasteiger partial charge on any atom is 0.0501 e. The lowest BCUT2D eigenvalue weighted by Gasteiger charge is -2.22. The molecule has 4 heteroatoms. The van der Waals surface area contributed by atoms with Crippen LogP contribution in [0.15, 0.2) is 53.4 Å². The Balaban J connectivity index is 1.66. The van der Waals surface area contributed by atoms with E-state index in [9.17, 15) is 0 Å². The molecule has 2 aromatic carbocycles. The highest BCUT2D eigenvalue weighted by Gasteiger charge is 2.14. The summed E-state index contributed by atoms with van der Waals surface area (Å²) in [4.78, 5) is 1.40. The Bertz CT molecular complexity index is 571. The van der Waals surface area contributed by atoms with Crippen molar-refractivity contribution in [3.63, 3.8) is 0 Å². The molecular weight excluding hydrogens is 266 g/mol. The third-order valence-electron chi connectivity index (χ3n) is 3.33. The van der Waals surface area contributed by atoms with Gasteiger partial charge in [0, 0.05) is 23.7 Å². The molecule has 0 amide bonds. The fourth-order valence-corrected chi connectivity index (χ4v) is 3.29. The number of para-hydroxylation sites is 1. The van der Waals surface area contributed by atoms with Gasteiger partial charge in [-0.1, -0.05) is 35.9 Å². The van der Waals surface area contributed by atoms with E-state index in [4.69, 9.17) is 0 Å². The van der Waals surface area contributed by atoms with Gasteiger partial charge >= 0.3 is 0 Å². The minimum absolute atomic E-state index is 0.920. The number of thioether (sulfide) groups is 1. The van der Waals surface area contributed by atoms with Gasteiger partial charge in [-0.25, -0.2) is 5.01 Å². The van der Waals surface area contributed by atoms with E-state index in [1.54, 1.807) is 0 Å². The molecule has 2 N–H and O–H groups in total. The zero-order chi connectivity index (χ0) is 13.8. The summed E-state index contributed by atoms with van der Waals surface area (Å²) < 4.78 is 0. The van der Waals surface area contributed by atoms with Crippen molar-refractivity contribution in [3.05, 3.63) is 59.7 Å². The Hall–Kier alpha value is -1.49. The minimum atomic E-state index is 0.920. The van der Waals surface area contributed by atoms with Gasteiger partial charge in [0.2, 0.25) is 0 Å². The Morgan fingerprint density at radius 3 is 2.80 bits per heavy atom. The number of aryl methyl sites for hydroxylation is 1. The lowest BCUT2D eigenvalue weighted by Crippen LogP contribution is -2.42. The van der Waals surface area contributed by atoms with Crippen molar-refractivity contribution >= 4 is 17.4 Å². The molecule has 0 spiro atoms. The van der Waals surface area contributed by atoms with Crippen molar-refractivity contribution < 1.29 is 0 Å². The Labute approximate surface area is 124 Å². The summed E-state index contributed by atoms with van der Waals surface area (Å²) in [7, 11) is 0. The SMILES string of the molecule is Cc1ccc2c(c1)CN(NNc1ccccc1)CCS2.